The second-order valence-corrected chi connectivity index (χ2v) is 5.57. The van der Waals surface area contributed by atoms with E-state index in [0.29, 0.717) is 22.2 Å². The first-order chi connectivity index (χ1) is 9.99. The van der Waals surface area contributed by atoms with Crippen LogP contribution in [0, 0.1) is 5.92 Å². The van der Waals surface area contributed by atoms with Crippen LogP contribution in [-0.2, 0) is 14.4 Å². The summed E-state index contributed by atoms with van der Waals surface area (Å²) in [5.74, 6) is -2.26. The molecule has 1 aromatic rings. The largest absolute Gasteiger partial charge is 0.360 e. The highest BCUT2D eigenvalue weighted by Gasteiger charge is 2.34. The van der Waals surface area contributed by atoms with Gasteiger partial charge in [-0.3, -0.25) is 14.4 Å². The van der Waals surface area contributed by atoms with Crippen molar-refractivity contribution in [3.05, 3.63) is 40.5 Å². The molecule has 1 N–H and O–H groups in total. The van der Waals surface area contributed by atoms with Crippen molar-refractivity contribution in [3.8, 4) is 0 Å². The molecule has 0 bridgehead atoms. The molecule has 0 spiro atoms. The molecule has 4 nitrogen and oxygen atoms in total. The second-order valence-electron chi connectivity index (χ2n) is 4.72. The fraction of sp³-hybridized carbons (Fsp3) is 0.267. The van der Waals surface area contributed by atoms with Crippen molar-refractivity contribution in [1.82, 2.24) is 0 Å². The predicted molar refractivity (Wildman–Crippen MR) is 81.6 cm³/mol. The molecule has 6 heteroatoms. The van der Waals surface area contributed by atoms with Crippen molar-refractivity contribution in [1.29, 1.82) is 0 Å². The van der Waals surface area contributed by atoms with E-state index in [1.807, 2.05) is 0 Å². The lowest BCUT2D eigenvalue weighted by Crippen LogP contribution is -2.34. The Labute approximate surface area is 132 Å². The molecule has 0 heterocycles. The zero-order chi connectivity index (χ0) is 15.4. The van der Waals surface area contributed by atoms with E-state index in [9.17, 15) is 14.4 Å². The smallest absolute Gasteiger partial charge is 0.175 e. The van der Waals surface area contributed by atoms with Crippen LogP contribution in [-0.4, -0.2) is 17.3 Å². The number of ketones is 3. The van der Waals surface area contributed by atoms with Gasteiger partial charge < -0.3 is 5.32 Å². The van der Waals surface area contributed by atoms with Crippen LogP contribution >= 0.6 is 23.2 Å². The molecule has 21 heavy (non-hydrogen) atoms. The lowest BCUT2D eigenvalue weighted by Gasteiger charge is -2.16. The van der Waals surface area contributed by atoms with Crippen molar-refractivity contribution >= 4 is 46.2 Å². The molecule has 0 amide bonds. The van der Waals surface area contributed by atoms with Crippen LogP contribution in [0.1, 0.15) is 19.3 Å². The van der Waals surface area contributed by atoms with Crippen molar-refractivity contribution in [2.45, 2.75) is 19.3 Å². The summed E-state index contributed by atoms with van der Waals surface area (Å²) in [6.45, 7) is 0. The zero-order valence-electron chi connectivity index (χ0n) is 11.1. The van der Waals surface area contributed by atoms with Crippen molar-refractivity contribution in [3.63, 3.8) is 0 Å². The number of benzene rings is 1. The fourth-order valence-corrected chi connectivity index (χ4v) is 2.48. The third kappa shape index (κ3) is 3.93. The average Bonchev–Trinajstić information content (AvgIpc) is 2.42. The first-order valence-electron chi connectivity index (χ1n) is 6.46. The van der Waals surface area contributed by atoms with Gasteiger partial charge in [0.05, 0.1) is 10.7 Å². The first kappa shape index (κ1) is 15.7. The summed E-state index contributed by atoms with van der Waals surface area (Å²) >= 11 is 11.8. The zero-order valence-corrected chi connectivity index (χ0v) is 12.6. The molecule has 110 valence electrons. The molecule has 0 aromatic heterocycles. The van der Waals surface area contributed by atoms with Gasteiger partial charge in [-0.1, -0.05) is 23.2 Å². The molecule has 0 saturated heterocycles. The molecule has 0 aliphatic heterocycles. The van der Waals surface area contributed by atoms with E-state index in [2.05, 4.69) is 5.32 Å². The van der Waals surface area contributed by atoms with E-state index < -0.39 is 11.7 Å². The van der Waals surface area contributed by atoms with Gasteiger partial charge in [0.1, 0.15) is 5.92 Å². The third-order valence-electron chi connectivity index (χ3n) is 3.19. The van der Waals surface area contributed by atoms with Crippen LogP contribution < -0.4 is 5.32 Å². The first-order valence-corrected chi connectivity index (χ1v) is 7.22. The minimum Gasteiger partial charge on any atom is -0.360 e. The number of rotatable bonds is 4. The summed E-state index contributed by atoms with van der Waals surface area (Å²) in [5.41, 5.74) is 0.537. The molecule has 1 saturated carbocycles. The topological polar surface area (TPSA) is 63.2 Å². The Hall–Kier alpha value is -1.65. The third-order valence-corrected chi connectivity index (χ3v) is 3.75. The number of allylic oxidation sites excluding steroid dienone is 1. The Morgan fingerprint density at radius 3 is 2.52 bits per heavy atom. The molecule has 2 rings (SSSR count). The van der Waals surface area contributed by atoms with Crippen LogP contribution in [0.5, 0.6) is 0 Å². The molecule has 0 atom stereocenters. The molecule has 1 aliphatic carbocycles. The molecule has 1 aliphatic rings. The standard InChI is InChI=1S/C15H13Cl2NO3/c16-9-4-5-10(17)11(8-9)18-7-6-14(21)15-12(19)2-1-3-13(15)20/h4-8,15,18H,1-3H2. The van der Waals surface area contributed by atoms with Gasteiger partial charge in [0.2, 0.25) is 0 Å². The summed E-state index contributed by atoms with van der Waals surface area (Å²) in [6.07, 6.45) is 3.63. The highest BCUT2D eigenvalue weighted by Crippen LogP contribution is 2.25. The Balaban J connectivity index is 2.03. The maximum absolute atomic E-state index is 11.9. The Bertz CT molecular complexity index is 609. The average molecular weight is 326 g/mol. The number of halogens is 2. The van der Waals surface area contributed by atoms with Gasteiger partial charge in [-0.2, -0.15) is 0 Å². The van der Waals surface area contributed by atoms with Crippen molar-refractivity contribution < 1.29 is 14.4 Å². The van der Waals surface area contributed by atoms with Gasteiger partial charge in [0, 0.05) is 24.1 Å². The van der Waals surface area contributed by atoms with Gasteiger partial charge in [-0.15, -0.1) is 0 Å². The van der Waals surface area contributed by atoms with Crippen molar-refractivity contribution in [2.75, 3.05) is 5.32 Å². The fourth-order valence-electron chi connectivity index (χ4n) is 2.14. The minimum atomic E-state index is -1.15. The van der Waals surface area contributed by atoms with Crippen LogP contribution in [0.3, 0.4) is 0 Å². The molecule has 0 radical (unpaired) electrons. The highest BCUT2D eigenvalue weighted by atomic mass is 35.5. The Kier molecular flexibility index (Phi) is 5.15. The maximum atomic E-state index is 11.9. The molecule has 1 fully saturated rings. The van der Waals surface area contributed by atoms with E-state index in [1.165, 1.54) is 12.3 Å². The predicted octanol–water partition coefficient (Wildman–Crippen LogP) is 3.43. The summed E-state index contributed by atoms with van der Waals surface area (Å²) in [5, 5.41) is 3.76. The Morgan fingerprint density at radius 1 is 1.19 bits per heavy atom. The normalized spacial score (nSPS) is 16.5. The van der Waals surface area contributed by atoms with E-state index in [1.54, 1.807) is 18.2 Å². The Morgan fingerprint density at radius 2 is 1.86 bits per heavy atom. The monoisotopic (exact) mass is 325 g/mol. The summed E-state index contributed by atoms with van der Waals surface area (Å²) in [6, 6.07) is 4.87. The van der Waals surface area contributed by atoms with E-state index in [0.717, 1.165) is 0 Å². The minimum absolute atomic E-state index is 0.281. The lowest BCUT2D eigenvalue weighted by atomic mass is 9.84. The number of carbonyl (C=O) groups is 3. The number of Topliss-reactive ketones (excluding diaryl/α,β-unsaturated/α-hetero) is 2. The van der Waals surface area contributed by atoms with Gasteiger partial charge >= 0.3 is 0 Å². The number of hydrogen-bond acceptors (Lipinski definition) is 4. The van der Waals surface area contributed by atoms with Crippen molar-refractivity contribution in [2.24, 2.45) is 5.92 Å². The van der Waals surface area contributed by atoms with Crippen LogP contribution in [0.25, 0.3) is 0 Å². The molecular weight excluding hydrogens is 313 g/mol. The van der Waals surface area contributed by atoms with E-state index >= 15 is 0 Å². The summed E-state index contributed by atoms with van der Waals surface area (Å²) < 4.78 is 0. The highest BCUT2D eigenvalue weighted by molar-refractivity contribution is 6.35. The number of carbonyl (C=O) groups excluding carboxylic acids is 3. The second kappa shape index (κ2) is 6.87. The molecular formula is C15H13Cl2NO3. The SMILES string of the molecule is O=C(C=CNc1cc(Cl)ccc1Cl)C1C(=O)CCCC1=O. The number of hydrogen-bond donors (Lipinski definition) is 1. The molecule has 1 aromatic carbocycles. The quantitative estimate of drug-likeness (QED) is 0.680. The van der Waals surface area contributed by atoms with Gasteiger partial charge in [-0.05, 0) is 30.7 Å². The maximum Gasteiger partial charge on any atom is 0.175 e. The van der Waals surface area contributed by atoms with Gasteiger partial charge in [0.15, 0.2) is 17.3 Å². The van der Waals surface area contributed by atoms with E-state index in [-0.39, 0.29) is 24.4 Å². The molecule has 0 unspecified atom stereocenters. The van der Waals surface area contributed by atoms with E-state index in [4.69, 9.17) is 23.2 Å². The number of nitrogens with one attached hydrogen (secondary N) is 1. The van der Waals surface area contributed by atoms with Crippen LogP contribution in [0.2, 0.25) is 10.0 Å². The lowest BCUT2D eigenvalue weighted by molar-refractivity contribution is -0.140. The summed E-state index contributed by atoms with van der Waals surface area (Å²) in [7, 11) is 0. The number of anilines is 1. The summed E-state index contributed by atoms with van der Waals surface area (Å²) in [4.78, 5) is 35.2. The van der Waals surface area contributed by atoms with Gasteiger partial charge in [-0.25, -0.2) is 0 Å². The van der Waals surface area contributed by atoms with Crippen LogP contribution in [0.15, 0.2) is 30.5 Å². The van der Waals surface area contributed by atoms with Gasteiger partial charge in [0.25, 0.3) is 0 Å². The van der Waals surface area contributed by atoms with Crippen LogP contribution in [0.4, 0.5) is 5.69 Å².